The molecule has 6 nitrogen and oxygen atoms in total. The predicted octanol–water partition coefficient (Wildman–Crippen LogP) is 5.02. The Morgan fingerprint density at radius 1 is 1.23 bits per heavy atom. The van der Waals surface area contributed by atoms with Gasteiger partial charge in [-0.1, -0.05) is 29.3 Å². The molecule has 1 saturated heterocycles. The minimum Gasteiger partial charge on any atom is -0.364 e. The number of amides is 1. The van der Waals surface area contributed by atoms with Gasteiger partial charge >= 0.3 is 0 Å². The zero-order valence-electron chi connectivity index (χ0n) is 17.3. The van der Waals surface area contributed by atoms with Crippen LogP contribution in [0.5, 0.6) is 0 Å². The van der Waals surface area contributed by atoms with Crippen molar-refractivity contribution < 1.29 is 9.53 Å². The zero-order valence-corrected chi connectivity index (χ0v) is 18.8. The van der Waals surface area contributed by atoms with Crippen LogP contribution in [-0.4, -0.2) is 40.6 Å². The van der Waals surface area contributed by atoms with Gasteiger partial charge in [0.2, 0.25) is 0 Å². The zero-order chi connectivity index (χ0) is 21.4. The van der Waals surface area contributed by atoms with E-state index in [-0.39, 0.29) is 5.91 Å². The number of carbonyl (C=O) groups excluding carboxylic acids is 1. The molecule has 0 saturated carbocycles. The fourth-order valence-electron chi connectivity index (χ4n) is 3.74. The number of benzene rings is 1. The van der Waals surface area contributed by atoms with Crippen LogP contribution in [0.25, 0.3) is 10.9 Å². The molecule has 4 rings (SSSR count). The second-order valence-corrected chi connectivity index (χ2v) is 8.32. The molecule has 1 amide bonds. The minimum atomic E-state index is -0.0430. The first-order chi connectivity index (χ1) is 14.4. The molecular formula is C22H24Cl2N4O2. The first-order valence-electron chi connectivity index (χ1n) is 9.87. The number of carbonyl (C=O) groups is 1. The number of ether oxygens (including phenoxy) is 1. The molecule has 1 aliphatic heterocycles. The van der Waals surface area contributed by atoms with Crippen molar-refractivity contribution >= 4 is 45.8 Å². The molecule has 0 atom stereocenters. The number of rotatable bonds is 6. The van der Waals surface area contributed by atoms with Crippen LogP contribution in [0.3, 0.4) is 0 Å². The van der Waals surface area contributed by atoms with Gasteiger partial charge in [0.1, 0.15) is 12.4 Å². The molecule has 8 heteroatoms. The molecule has 1 aliphatic rings. The molecule has 3 heterocycles. The Bertz CT molecular complexity index is 1100. The quantitative estimate of drug-likeness (QED) is 0.577. The number of aryl methyl sites for hydroxylation is 1. The van der Waals surface area contributed by atoms with Gasteiger partial charge in [0.15, 0.2) is 5.82 Å². The van der Waals surface area contributed by atoms with E-state index in [2.05, 4.69) is 16.8 Å². The molecule has 1 fully saturated rings. The molecule has 0 radical (unpaired) electrons. The number of halogens is 2. The highest BCUT2D eigenvalue weighted by Crippen LogP contribution is 2.33. The number of pyridine rings is 1. The molecule has 0 aliphatic carbocycles. The van der Waals surface area contributed by atoms with E-state index < -0.39 is 0 Å². The van der Waals surface area contributed by atoms with Crippen molar-refractivity contribution in [1.82, 2.24) is 14.5 Å². The summed E-state index contributed by atoms with van der Waals surface area (Å²) >= 11 is 12.7. The van der Waals surface area contributed by atoms with E-state index in [9.17, 15) is 4.79 Å². The number of fused-ring (bicyclic) bond motifs is 1. The van der Waals surface area contributed by atoms with E-state index in [4.69, 9.17) is 32.9 Å². The Morgan fingerprint density at radius 3 is 2.53 bits per heavy atom. The molecule has 0 spiro atoms. The van der Waals surface area contributed by atoms with Crippen molar-refractivity contribution in [2.45, 2.75) is 33.5 Å². The van der Waals surface area contributed by atoms with Gasteiger partial charge in [-0.15, -0.1) is 0 Å². The van der Waals surface area contributed by atoms with Gasteiger partial charge < -0.3 is 19.5 Å². The highest BCUT2D eigenvalue weighted by Gasteiger charge is 2.25. The molecule has 158 valence electrons. The van der Waals surface area contributed by atoms with E-state index in [1.807, 2.05) is 24.0 Å². The normalized spacial score (nSPS) is 13.6. The van der Waals surface area contributed by atoms with E-state index in [0.717, 1.165) is 47.2 Å². The summed E-state index contributed by atoms with van der Waals surface area (Å²) in [5, 5.41) is 5.51. The average Bonchev–Trinajstić information content (AvgIpc) is 2.91. The highest BCUT2D eigenvalue weighted by molar-refractivity contribution is 6.36. The van der Waals surface area contributed by atoms with Crippen LogP contribution in [-0.2, 0) is 18.0 Å². The second-order valence-electron chi connectivity index (χ2n) is 7.51. The lowest BCUT2D eigenvalue weighted by molar-refractivity contribution is 0.0646. The van der Waals surface area contributed by atoms with E-state index in [1.54, 1.807) is 19.2 Å². The first-order valence-corrected chi connectivity index (χ1v) is 10.6. The lowest BCUT2D eigenvalue weighted by atomic mass is 10.1. The number of likely N-dealkylation sites (tertiary alicyclic amines) is 1. The van der Waals surface area contributed by atoms with Crippen LogP contribution in [0.2, 0.25) is 10.0 Å². The lowest BCUT2D eigenvalue weighted by Gasteiger charge is -2.30. The van der Waals surface area contributed by atoms with Crippen LogP contribution in [0.15, 0.2) is 24.3 Å². The van der Waals surface area contributed by atoms with Crippen molar-refractivity contribution in [2.24, 2.45) is 0 Å². The number of hydrogen-bond donors (Lipinski definition) is 1. The fourth-order valence-corrected chi connectivity index (χ4v) is 4.27. The van der Waals surface area contributed by atoms with Crippen molar-refractivity contribution in [2.75, 3.05) is 25.5 Å². The number of nitrogens with one attached hydrogen (secondary N) is 1. The van der Waals surface area contributed by atoms with Gasteiger partial charge in [0.05, 0.1) is 5.52 Å². The van der Waals surface area contributed by atoms with Gasteiger partial charge in [-0.25, -0.2) is 4.98 Å². The molecule has 3 aromatic rings. The summed E-state index contributed by atoms with van der Waals surface area (Å²) in [5.41, 5.74) is 4.29. The molecule has 30 heavy (non-hydrogen) atoms. The summed E-state index contributed by atoms with van der Waals surface area (Å²) in [4.78, 5) is 19.4. The van der Waals surface area contributed by atoms with Gasteiger partial charge in [0.25, 0.3) is 5.91 Å². The molecular weight excluding hydrogens is 423 g/mol. The van der Waals surface area contributed by atoms with E-state index in [1.165, 1.54) is 0 Å². The van der Waals surface area contributed by atoms with Gasteiger partial charge in [-0.3, -0.25) is 4.79 Å². The summed E-state index contributed by atoms with van der Waals surface area (Å²) in [6.45, 7) is 6.42. The van der Waals surface area contributed by atoms with E-state index in [0.29, 0.717) is 34.8 Å². The third-order valence-electron chi connectivity index (χ3n) is 5.73. The topological polar surface area (TPSA) is 59.4 Å². The molecule has 2 aromatic heterocycles. The summed E-state index contributed by atoms with van der Waals surface area (Å²) < 4.78 is 7.48. The van der Waals surface area contributed by atoms with Crippen LogP contribution in [0, 0.1) is 13.8 Å². The second kappa shape index (κ2) is 8.46. The number of anilines is 1. The van der Waals surface area contributed by atoms with Crippen molar-refractivity contribution in [3.8, 4) is 0 Å². The summed E-state index contributed by atoms with van der Waals surface area (Å²) in [6.07, 6.45) is 1.03. The van der Waals surface area contributed by atoms with Gasteiger partial charge in [-0.05, 0) is 44.0 Å². The minimum absolute atomic E-state index is 0.0430. The van der Waals surface area contributed by atoms with Crippen molar-refractivity contribution in [3.05, 3.63) is 56.8 Å². The smallest absolute Gasteiger partial charge is 0.272 e. The molecule has 0 bridgehead atoms. The highest BCUT2D eigenvalue weighted by atomic mass is 35.5. The Labute approximate surface area is 185 Å². The number of methoxy groups -OCH3 is 1. The maximum absolute atomic E-state index is 12.9. The third kappa shape index (κ3) is 3.64. The number of aromatic nitrogens is 2. The number of nitrogens with zero attached hydrogens (tertiary/aromatic N) is 3. The Hall–Kier alpha value is -2.28. The first kappa shape index (κ1) is 21.0. The molecule has 1 N–H and O–H groups in total. The Morgan fingerprint density at radius 2 is 1.93 bits per heavy atom. The monoisotopic (exact) mass is 446 g/mol. The lowest BCUT2D eigenvalue weighted by Crippen LogP contribution is -2.42. The van der Waals surface area contributed by atoms with Crippen molar-refractivity contribution in [3.63, 3.8) is 0 Å². The maximum Gasteiger partial charge on any atom is 0.272 e. The van der Waals surface area contributed by atoms with Crippen LogP contribution in [0.1, 0.15) is 33.7 Å². The summed E-state index contributed by atoms with van der Waals surface area (Å²) in [5.74, 6) is 0.569. The fraction of sp³-hybridized carbons (Fsp3) is 0.364. The van der Waals surface area contributed by atoms with Crippen LogP contribution >= 0.6 is 23.2 Å². The Kier molecular flexibility index (Phi) is 5.91. The standard InChI is InChI=1S/C22H24Cl2N4O2/c1-13-14(2)28(12-30-3)20-15(13)10-19(22(29)27-8-5-9-27)26-21(20)25-11-16-17(23)6-4-7-18(16)24/h4,6-7,10H,5,8-9,11-12H2,1-3H3,(H,25,26). The maximum atomic E-state index is 12.9. The summed E-state index contributed by atoms with van der Waals surface area (Å²) in [7, 11) is 1.66. The summed E-state index contributed by atoms with van der Waals surface area (Å²) in [6, 6.07) is 7.31. The van der Waals surface area contributed by atoms with E-state index >= 15 is 0 Å². The van der Waals surface area contributed by atoms with Crippen LogP contribution < -0.4 is 5.32 Å². The molecule has 1 aromatic carbocycles. The molecule has 0 unspecified atom stereocenters. The Balaban J connectivity index is 1.82. The number of hydrogen-bond acceptors (Lipinski definition) is 4. The van der Waals surface area contributed by atoms with Crippen molar-refractivity contribution in [1.29, 1.82) is 0 Å². The SMILES string of the molecule is COCn1c(C)c(C)c2cc(C(=O)N3CCC3)nc(NCc3c(Cl)cccc3Cl)c21. The predicted molar refractivity (Wildman–Crippen MR) is 121 cm³/mol. The third-order valence-corrected chi connectivity index (χ3v) is 6.44. The average molecular weight is 447 g/mol. The van der Waals surface area contributed by atoms with Crippen LogP contribution in [0.4, 0.5) is 5.82 Å². The van der Waals surface area contributed by atoms with Gasteiger partial charge in [-0.2, -0.15) is 0 Å². The largest absolute Gasteiger partial charge is 0.364 e. The van der Waals surface area contributed by atoms with Gasteiger partial charge in [0, 0.05) is 53.4 Å².